The van der Waals surface area contributed by atoms with Gasteiger partial charge >= 0.3 is 5.97 Å². The Labute approximate surface area is 118 Å². The Kier molecular flexibility index (Phi) is 3.45. The maximum Gasteiger partial charge on any atom is 0.308 e. The van der Waals surface area contributed by atoms with E-state index in [0.717, 1.165) is 18.5 Å². The number of fused-ring (bicyclic) bond motifs is 1. The summed E-state index contributed by atoms with van der Waals surface area (Å²) in [6, 6.07) is 14.6. The predicted molar refractivity (Wildman–Crippen MR) is 79.9 cm³/mol. The number of piperidine rings is 1. The van der Waals surface area contributed by atoms with Gasteiger partial charge in [0.05, 0.1) is 5.92 Å². The van der Waals surface area contributed by atoms with Crippen molar-refractivity contribution in [2.45, 2.75) is 12.3 Å². The molecule has 1 N–H and O–H groups in total. The lowest BCUT2D eigenvalue weighted by Gasteiger charge is -2.34. The quantitative estimate of drug-likeness (QED) is 0.911. The number of benzene rings is 2. The van der Waals surface area contributed by atoms with Gasteiger partial charge in [0.2, 0.25) is 0 Å². The molecule has 3 nitrogen and oxygen atoms in total. The van der Waals surface area contributed by atoms with Gasteiger partial charge < -0.3 is 10.0 Å². The molecule has 2 aromatic rings. The first-order chi connectivity index (χ1) is 9.65. The maximum atomic E-state index is 11.5. The molecule has 3 heteroatoms. The molecule has 0 aliphatic carbocycles. The zero-order chi connectivity index (χ0) is 14.1. The van der Waals surface area contributed by atoms with Gasteiger partial charge in [-0.05, 0) is 42.3 Å². The summed E-state index contributed by atoms with van der Waals surface area (Å²) < 4.78 is 0. The number of carbonyl (C=O) groups is 1. The molecule has 1 aliphatic rings. The first-order valence-electron chi connectivity index (χ1n) is 7.05. The van der Waals surface area contributed by atoms with Crippen LogP contribution in [0.4, 0.5) is 0 Å². The Morgan fingerprint density at radius 3 is 2.70 bits per heavy atom. The lowest BCUT2D eigenvalue weighted by atomic mass is 9.80. The summed E-state index contributed by atoms with van der Waals surface area (Å²) in [5.41, 5.74) is 1.16. The molecular formula is C17H19NO2. The van der Waals surface area contributed by atoms with Crippen molar-refractivity contribution in [1.82, 2.24) is 4.90 Å². The van der Waals surface area contributed by atoms with Crippen LogP contribution in [0.3, 0.4) is 0 Å². The molecule has 1 fully saturated rings. The first-order valence-corrected chi connectivity index (χ1v) is 7.05. The third-order valence-electron chi connectivity index (χ3n) is 4.33. The summed E-state index contributed by atoms with van der Waals surface area (Å²) in [6.45, 7) is 1.59. The van der Waals surface area contributed by atoms with E-state index in [4.69, 9.17) is 0 Å². The highest BCUT2D eigenvalue weighted by atomic mass is 16.4. The van der Waals surface area contributed by atoms with Gasteiger partial charge in [0.25, 0.3) is 0 Å². The minimum Gasteiger partial charge on any atom is -0.481 e. The molecule has 0 bridgehead atoms. The molecule has 1 aliphatic heterocycles. The molecular weight excluding hydrogens is 250 g/mol. The fourth-order valence-corrected chi connectivity index (χ4v) is 3.20. The van der Waals surface area contributed by atoms with Crippen LogP contribution in [-0.2, 0) is 4.79 Å². The molecule has 2 aromatic carbocycles. The van der Waals surface area contributed by atoms with Crippen molar-refractivity contribution < 1.29 is 9.90 Å². The number of rotatable bonds is 2. The largest absolute Gasteiger partial charge is 0.481 e. The second kappa shape index (κ2) is 5.25. The van der Waals surface area contributed by atoms with Gasteiger partial charge in [-0.2, -0.15) is 0 Å². The third kappa shape index (κ3) is 2.41. The standard InChI is InChI=1S/C17H19NO2/c1-18-9-8-15(16(11-18)17(19)20)14-7-6-12-4-2-3-5-13(12)10-14/h2-7,10,15-16H,8-9,11H2,1H3,(H,19,20)/t15-,16-/m0/s1. The van der Waals surface area contributed by atoms with Crippen molar-refractivity contribution in [3.63, 3.8) is 0 Å². The van der Waals surface area contributed by atoms with Gasteiger partial charge in [-0.15, -0.1) is 0 Å². The zero-order valence-electron chi connectivity index (χ0n) is 11.6. The lowest BCUT2D eigenvalue weighted by Crippen LogP contribution is -2.40. The van der Waals surface area contributed by atoms with Crippen molar-refractivity contribution in [2.75, 3.05) is 20.1 Å². The first kappa shape index (κ1) is 13.1. The van der Waals surface area contributed by atoms with Crippen molar-refractivity contribution in [3.8, 4) is 0 Å². The lowest BCUT2D eigenvalue weighted by molar-refractivity contribution is -0.144. The van der Waals surface area contributed by atoms with E-state index in [1.807, 2.05) is 19.2 Å². The van der Waals surface area contributed by atoms with Gasteiger partial charge in [0.1, 0.15) is 0 Å². The van der Waals surface area contributed by atoms with E-state index in [-0.39, 0.29) is 11.8 Å². The van der Waals surface area contributed by atoms with E-state index in [1.165, 1.54) is 10.8 Å². The average Bonchev–Trinajstić information content (AvgIpc) is 2.46. The molecule has 20 heavy (non-hydrogen) atoms. The molecule has 0 spiro atoms. The van der Waals surface area contributed by atoms with E-state index < -0.39 is 5.97 Å². The van der Waals surface area contributed by atoms with Crippen LogP contribution in [0.25, 0.3) is 10.8 Å². The third-order valence-corrected chi connectivity index (χ3v) is 4.33. The summed E-state index contributed by atoms with van der Waals surface area (Å²) >= 11 is 0. The molecule has 0 aromatic heterocycles. The van der Waals surface area contributed by atoms with Crippen LogP contribution in [0, 0.1) is 5.92 Å². The van der Waals surface area contributed by atoms with E-state index >= 15 is 0 Å². The highest BCUT2D eigenvalue weighted by molar-refractivity contribution is 5.83. The molecule has 1 saturated heterocycles. The zero-order valence-corrected chi connectivity index (χ0v) is 11.6. The molecule has 0 amide bonds. The highest BCUT2D eigenvalue weighted by Crippen LogP contribution is 2.34. The predicted octanol–water partition coefficient (Wildman–Crippen LogP) is 2.96. The minimum atomic E-state index is -0.685. The second-order valence-electron chi connectivity index (χ2n) is 5.71. The Morgan fingerprint density at radius 1 is 1.20 bits per heavy atom. The van der Waals surface area contributed by atoms with Gasteiger partial charge in [-0.1, -0.05) is 42.5 Å². The number of nitrogens with zero attached hydrogens (tertiary/aromatic N) is 1. The molecule has 0 saturated carbocycles. The second-order valence-corrected chi connectivity index (χ2v) is 5.71. The van der Waals surface area contributed by atoms with E-state index in [2.05, 4.69) is 35.2 Å². The van der Waals surface area contributed by atoms with Crippen LogP contribution in [0.2, 0.25) is 0 Å². The summed E-state index contributed by atoms with van der Waals surface area (Å²) in [6.07, 6.45) is 0.909. The number of carboxylic acids is 1. The van der Waals surface area contributed by atoms with Gasteiger partial charge in [-0.25, -0.2) is 0 Å². The molecule has 0 unspecified atom stereocenters. The van der Waals surface area contributed by atoms with Crippen LogP contribution in [0.5, 0.6) is 0 Å². The topological polar surface area (TPSA) is 40.5 Å². The van der Waals surface area contributed by atoms with Gasteiger partial charge in [0.15, 0.2) is 0 Å². The summed E-state index contributed by atoms with van der Waals surface area (Å²) in [5.74, 6) is -0.877. The molecule has 1 heterocycles. The maximum absolute atomic E-state index is 11.5. The normalized spacial score (nSPS) is 23.9. The van der Waals surface area contributed by atoms with Gasteiger partial charge in [0, 0.05) is 6.54 Å². The smallest absolute Gasteiger partial charge is 0.308 e. The molecule has 2 atom stereocenters. The fourth-order valence-electron chi connectivity index (χ4n) is 3.20. The summed E-state index contributed by atoms with van der Waals surface area (Å²) in [4.78, 5) is 13.6. The monoisotopic (exact) mass is 269 g/mol. The Morgan fingerprint density at radius 2 is 1.95 bits per heavy atom. The van der Waals surface area contributed by atoms with E-state index in [1.54, 1.807) is 0 Å². The fraction of sp³-hybridized carbons (Fsp3) is 0.353. The van der Waals surface area contributed by atoms with Crippen LogP contribution >= 0.6 is 0 Å². The van der Waals surface area contributed by atoms with Crippen molar-refractivity contribution in [2.24, 2.45) is 5.92 Å². The Bertz CT molecular complexity index is 638. The summed E-state index contributed by atoms with van der Waals surface area (Å²) in [5, 5.41) is 11.9. The van der Waals surface area contributed by atoms with Crippen molar-refractivity contribution in [1.29, 1.82) is 0 Å². The Hall–Kier alpha value is -1.87. The van der Waals surface area contributed by atoms with Crippen LogP contribution < -0.4 is 0 Å². The number of likely N-dealkylation sites (tertiary alicyclic amines) is 1. The molecule has 0 radical (unpaired) electrons. The number of hydrogen-bond donors (Lipinski definition) is 1. The SMILES string of the molecule is CN1CC[C@@H](c2ccc3ccccc3c2)[C@@H](C(=O)O)C1. The van der Waals surface area contributed by atoms with E-state index in [9.17, 15) is 9.90 Å². The van der Waals surface area contributed by atoms with Crippen molar-refractivity contribution in [3.05, 3.63) is 48.0 Å². The molecule has 3 rings (SSSR count). The number of aliphatic carboxylic acids is 1. The summed E-state index contributed by atoms with van der Waals surface area (Å²) in [7, 11) is 1.99. The van der Waals surface area contributed by atoms with Gasteiger partial charge in [-0.3, -0.25) is 4.79 Å². The highest BCUT2D eigenvalue weighted by Gasteiger charge is 2.34. The number of hydrogen-bond acceptors (Lipinski definition) is 2. The van der Waals surface area contributed by atoms with Crippen LogP contribution in [-0.4, -0.2) is 36.1 Å². The number of carboxylic acid groups (broad SMARTS) is 1. The van der Waals surface area contributed by atoms with E-state index in [0.29, 0.717) is 6.54 Å². The van der Waals surface area contributed by atoms with Crippen LogP contribution in [0.15, 0.2) is 42.5 Å². The van der Waals surface area contributed by atoms with Crippen molar-refractivity contribution >= 4 is 16.7 Å². The average molecular weight is 269 g/mol. The molecule has 104 valence electrons. The minimum absolute atomic E-state index is 0.119. The Balaban J connectivity index is 1.97. The van der Waals surface area contributed by atoms with Crippen LogP contribution in [0.1, 0.15) is 17.9 Å².